The summed E-state index contributed by atoms with van der Waals surface area (Å²) in [6.45, 7) is 3.90. The fourth-order valence-corrected chi connectivity index (χ4v) is 0.766. The van der Waals surface area contributed by atoms with Crippen molar-refractivity contribution in [3.8, 4) is 0 Å². The SMILES string of the molecule is CCCCOC=C(C=CC=O)OC(C)=O. The first-order valence-electron chi connectivity index (χ1n) is 4.82. The molecule has 4 nitrogen and oxygen atoms in total. The maximum atomic E-state index is 10.7. The average Bonchev–Trinajstić information content (AvgIpc) is 2.19. The zero-order valence-electron chi connectivity index (χ0n) is 9.06. The Hall–Kier alpha value is -1.58. The van der Waals surface area contributed by atoms with Crippen LogP contribution in [0, 0.1) is 0 Å². The molecule has 0 spiro atoms. The summed E-state index contributed by atoms with van der Waals surface area (Å²) in [5.74, 6) is -0.221. The van der Waals surface area contributed by atoms with Gasteiger partial charge >= 0.3 is 5.97 Å². The summed E-state index contributed by atoms with van der Waals surface area (Å²) >= 11 is 0. The summed E-state index contributed by atoms with van der Waals surface area (Å²) in [5, 5.41) is 0. The van der Waals surface area contributed by atoms with E-state index in [1.807, 2.05) is 6.92 Å². The standard InChI is InChI=1S/C11H16O4/c1-3-4-8-14-9-11(6-5-7-12)15-10(2)13/h5-7,9H,3-4,8H2,1-2H3. The van der Waals surface area contributed by atoms with Gasteiger partial charge in [-0.3, -0.25) is 9.59 Å². The van der Waals surface area contributed by atoms with Crippen molar-refractivity contribution in [3.05, 3.63) is 24.2 Å². The number of hydrogen-bond donors (Lipinski definition) is 0. The van der Waals surface area contributed by atoms with Crippen LogP contribution >= 0.6 is 0 Å². The van der Waals surface area contributed by atoms with E-state index in [0.717, 1.165) is 12.8 Å². The molecular formula is C11H16O4. The number of allylic oxidation sites excluding steroid dienone is 2. The predicted octanol–water partition coefficient (Wildman–Crippen LogP) is 1.96. The molecule has 0 aromatic heterocycles. The Labute approximate surface area is 89.6 Å². The molecule has 0 atom stereocenters. The van der Waals surface area contributed by atoms with Gasteiger partial charge in [-0.1, -0.05) is 13.3 Å². The Kier molecular flexibility index (Phi) is 8.05. The van der Waals surface area contributed by atoms with Crippen LogP contribution in [0.3, 0.4) is 0 Å². The number of aldehydes is 1. The highest BCUT2D eigenvalue weighted by molar-refractivity contribution is 5.69. The van der Waals surface area contributed by atoms with Crippen LogP contribution in [0.1, 0.15) is 26.7 Å². The molecule has 0 aliphatic heterocycles. The third-order valence-electron chi connectivity index (χ3n) is 1.42. The van der Waals surface area contributed by atoms with Crippen LogP contribution < -0.4 is 0 Å². The van der Waals surface area contributed by atoms with Gasteiger partial charge in [0.25, 0.3) is 0 Å². The van der Waals surface area contributed by atoms with Crippen LogP contribution in [0.4, 0.5) is 0 Å². The molecule has 0 bridgehead atoms. The second-order valence-corrected chi connectivity index (χ2v) is 2.83. The number of hydrogen-bond acceptors (Lipinski definition) is 4. The first-order valence-corrected chi connectivity index (χ1v) is 4.82. The molecule has 0 aromatic rings. The fourth-order valence-electron chi connectivity index (χ4n) is 0.766. The summed E-state index contributed by atoms with van der Waals surface area (Å²) in [5.41, 5.74) is 0. The zero-order valence-corrected chi connectivity index (χ0v) is 9.06. The molecule has 0 fully saturated rings. The van der Waals surface area contributed by atoms with Crippen LogP contribution in [0.15, 0.2) is 24.2 Å². The molecule has 0 aromatic carbocycles. The maximum absolute atomic E-state index is 10.7. The van der Waals surface area contributed by atoms with Gasteiger partial charge in [-0.05, 0) is 18.6 Å². The summed E-state index contributed by atoms with van der Waals surface area (Å²) in [7, 11) is 0. The third kappa shape index (κ3) is 8.74. The van der Waals surface area contributed by atoms with E-state index in [1.54, 1.807) is 0 Å². The summed E-state index contributed by atoms with van der Waals surface area (Å²) in [6.07, 6.45) is 6.50. The largest absolute Gasteiger partial charge is 0.497 e. The topological polar surface area (TPSA) is 52.6 Å². The molecule has 15 heavy (non-hydrogen) atoms. The Morgan fingerprint density at radius 3 is 2.67 bits per heavy atom. The molecule has 0 N–H and O–H groups in total. The molecule has 84 valence electrons. The minimum Gasteiger partial charge on any atom is -0.497 e. The number of esters is 1. The van der Waals surface area contributed by atoms with Crippen molar-refractivity contribution in [2.45, 2.75) is 26.7 Å². The summed E-state index contributed by atoms with van der Waals surface area (Å²) in [4.78, 5) is 20.7. The lowest BCUT2D eigenvalue weighted by Gasteiger charge is -2.03. The highest BCUT2D eigenvalue weighted by Gasteiger charge is 1.97. The van der Waals surface area contributed by atoms with E-state index in [-0.39, 0.29) is 5.76 Å². The summed E-state index contributed by atoms with van der Waals surface area (Å²) in [6, 6.07) is 0. The molecule has 0 heterocycles. The maximum Gasteiger partial charge on any atom is 0.308 e. The normalized spacial score (nSPS) is 11.5. The second-order valence-electron chi connectivity index (χ2n) is 2.83. The Bertz CT molecular complexity index is 253. The first kappa shape index (κ1) is 13.4. The van der Waals surface area contributed by atoms with E-state index >= 15 is 0 Å². The van der Waals surface area contributed by atoms with E-state index in [2.05, 4.69) is 0 Å². The van der Waals surface area contributed by atoms with E-state index < -0.39 is 5.97 Å². The Balaban J connectivity index is 4.14. The monoisotopic (exact) mass is 212 g/mol. The molecule has 4 heteroatoms. The van der Waals surface area contributed by atoms with Gasteiger partial charge in [0.05, 0.1) is 6.61 Å². The van der Waals surface area contributed by atoms with Crippen LogP contribution in [0.25, 0.3) is 0 Å². The van der Waals surface area contributed by atoms with Crippen molar-refractivity contribution < 1.29 is 19.1 Å². The smallest absolute Gasteiger partial charge is 0.308 e. The number of carbonyl (C=O) groups excluding carboxylic acids is 2. The fraction of sp³-hybridized carbons (Fsp3) is 0.455. The molecule has 0 amide bonds. The van der Waals surface area contributed by atoms with Gasteiger partial charge in [0.2, 0.25) is 0 Å². The summed E-state index contributed by atoms with van der Waals surface area (Å²) < 4.78 is 9.91. The van der Waals surface area contributed by atoms with E-state index in [0.29, 0.717) is 12.9 Å². The Morgan fingerprint density at radius 1 is 1.40 bits per heavy atom. The van der Waals surface area contributed by atoms with Gasteiger partial charge in [-0.2, -0.15) is 0 Å². The predicted molar refractivity (Wildman–Crippen MR) is 55.9 cm³/mol. The molecule has 0 aliphatic carbocycles. The zero-order chi connectivity index (χ0) is 11.5. The highest BCUT2D eigenvalue weighted by Crippen LogP contribution is 2.01. The second kappa shape index (κ2) is 8.99. The average molecular weight is 212 g/mol. The van der Waals surface area contributed by atoms with Gasteiger partial charge in [0, 0.05) is 6.92 Å². The van der Waals surface area contributed by atoms with E-state index in [1.165, 1.54) is 25.3 Å². The molecule has 0 rings (SSSR count). The molecule has 0 saturated carbocycles. The van der Waals surface area contributed by atoms with Gasteiger partial charge in [-0.25, -0.2) is 0 Å². The minimum atomic E-state index is -0.448. The molecule has 0 saturated heterocycles. The van der Waals surface area contributed by atoms with Crippen LogP contribution in [0.5, 0.6) is 0 Å². The van der Waals surface area contributed by atoms with Crippen molar-refractivity contribution in [1.82, 2.24) is 0 Å². The van der Waals surface area contributed by atoms with Crippen LogP contribution in [-0.4, -0.2) is 18.9 Å². The van der Waals surface area contributed by atoms with Crippen molar-refractivity contribution in [1.29, 1.82) is 0 Å². The van der Waals surface area contributed by atoms with Crippen LogP contribution in [-0.2, 0) is 19.1 Å². The van der Waals surface area contributed by atoms with Crippen LogP contribution in [0.2, 0.25) is 0 Å². The first-order chi connectivity index (χ1) is 7.20. The van der Waals surface area contributed by atoms with E-state index in [9.17, 15) is 9.59 Å². The minimum absolute atomic E-state index is 0.228. The number of ether oxygens (including phenoxy) is 2. The number of rotatable bonds is 7. The molecule has 0 unspecified atom stereocenters. The van der Waals surface area contributed by atoms with Gasteiger partial charge in [-0.15, -0.1) is 0 Å². The lowest BCUT2D eigenvalue weighted by molar-refractivity contribution is -0.136. The molecular weight excluding hydrogens is 196 g/mol. The van der Waals surface area contributed by atoms with Gasteiger partial charge in [0.15, 0.2) is 5.76 Å². The van der Waals surface area contributed by atoms with Crippen molar-refractivity contribution >= 4 is 12.3 Å². The molecule has 0 aliphatic rings. The molecule has 0 radical (unpaired) electrons. The van der Waals surface area contributed by atoms with Crippen molar-refractivity contribution in [3.63, 3.8) is 0 Å². The third-order valence-corrected chi connectivity index (χ3v) is 1.42. The van der Waals surface area contributed by atoms with Crippen molar-refractivity contribution in [2.75, 3.05) is 6.61 Å². The quantitative estimate of drug-likeness (QED) is 0.162. The highest BCUT2D eigenvalue weighted by atomic mass is 16.5. The van der Waals surface area contributed by atoms with Crippen molar-refractivity contribution in [2.24, 2.45) is 0 Å². The van der Waals surface area contributed by atoms with Gasteiger partial charge in [0.1, 0.15) is 12.5 Å². The number of unbranched alkanes of at least 4 members (excludes halogenated alkanes) is 1. The van der Waals surface area contributed by atoms with Gasteiger partial charge < -0.3 is 9.47 Å². The van der Waals surface area contributed by atoms with E-state index in [4.69, 9.17) is 9.47 Å². The lowest BCUT2D eigenvalue weighted by Crippen LogP contribution is -1.98. The Morgan fingerprint density at radius 2 is 2.13 bits per heavy atom. The lowest BCUT2D eigenvalue weighted by atomic mass is 10.4. The number of carbonyl (C=O) groups is 2.